The number of carboxylic acids is 1. The molecule has 0 amide bonds. The molecule has 0 spiro atoms. The van der Waals surface area contributed by atoms with E-state index in [2.05, 4.69) is 24.1 Å². The molecule has 1 aliphatic carbocycles. The van der Waals surface area contributed by atoms with Crippen molar-refractivity contribution in [1.82, 2.24) is 4.57 Å². The summed E-state index contributed by atoms with van der Waals surface area (Å²) in [5, 5.41) is 13.7. The smallest absolute Gasteiger partial charge is 0.327 e. The molecular formula is C21H21BN2O4S. The largest absolute Gasteiger partial charge is 0.487 e. The second-order valence-electron chi connectivity index (χ2n) is 7.84. The van der Waals surface area contributed by atoms with Crippen molar-refractivity contribution in [3.63, 3.8) is 0 Å². The SMILES string of the molecule is CB1C=Cc2cccc(OCc3cc(=O)n4c(c3C3CC3)SCC4C(=O)O)c2N1. The van der Waals surface area contributed by atoms with Crippen LogP contribution in [0.2, 0.25) is 6.82 Å². The maximum absolute atomic E-state index is 12.7. The number of pyridine rings is 1. The number of fused-ring (bicyclic) bond motifs is 2. The van der Waals surface area contributed by atoms with Crippen molar-refractivity contribution in [3.8, 4) is 5.75 Å². The molecule has 1 fully saturated rings. The molecule has 0 bridgehead atoms. The average molecular weight is 408 g/mol. The molecule has 8 heteroatoms. The van der Waals surface area contributed by atoms with Crippen molar-refractivity contribution in [1.29, 1.82) is 0 Å². The fraction of sp³-hybridized carbons (Fsp3) is 0.333. The molecule has 2 N–H and O–H groups in total. The third kappa shape index (κ3) is 3.25. The Labute approximate surface area is 173 Å². The van der Waals surface area contributed by atoms with Gasteiger partial charge in [-0.1, -0.05) is 31.0 Å². The number of carbonyl (C=O) groups is 1. The minimum atomic E-state index is -0.951. The van der Waals surface area contributed by atoms with Crippen molar-refractivity contribution in [2.24, 2.45) is 0 Å². The van der Waals surface area contributed by atoms with Crippen LogP contribution in [0.15, 0.2) is 40.1 Å². The Morgan fingerprint density at radius 1 is 1.41 bits per heavy atom. The molecule has 1 unspecified atom stereocenters. The molecule has 3 aliphatic rings. The maximum Gasteiger partial charge on any atom is 0.327 e. The number of aliphatic carboxylic acids is 1. The normalized spacial score (nSPS) is 19.5. The van der Waals surface area contributed by atoms with Gasteiger partial charge in [-0.15, -0.1) is 11.8 Å². The number of benzene rings is 1. The summed E-state index contributed by atoms with van der Waals surface area (Å²) in [6.07, 6.45) is 4.23. The molecule has 6 nitrogen and oxygen atoms in total. The zero-order valence-corrected chi connectivity index (χ0v) is 16.9. The summed E-state index contributed by atoms with van der Waals surface area (Å²) in [5.41, 5.74) is 3.76. The first-order valence-electron chi connectivity index (χ1n) is 9.87. The highest BCUT2D eigenvalue weighted by Gasteiger charge is 2.37. The number of thioether (sulfide) groups is 1. The zero-order chi connectivity index (χ0) is 20.1. The number of hydrogen-bond donors (Lipinski definition) is 2. The van der Waals surface area contributed by atoms with Gasteiger partial charge in [0.15, 0.2) is 0 Å². The van der Waals surface area contributed by atoms with Gasteiger partial charge in [-0.05, 0) is 36.0 Å². The summed E-state index contributed by atoms with van der Waals surface area (Å²) in [5.74, 6) is 2.70. The van der Waals surface area contributed by atoms with E-state index in [9.17, 15) is 14.7 Å². The van der Waals surface area contributed by atoms with Crippen LogP contribution in [0, 0.1) is 0 Å². The van der Waals surface area contributed by atoms with Crippen LogP contribution in [0.5, 0.6) is 5.75 Å². The van der Waals surface area contributed by atoms with E-state index < -0.39 is 12.0 Å². The fourth-order valence-corrected chi connectivity index (χ4v) is 5.51. The van der Waals surface area contributed by atoms with Crippen molar-refractivity contribution in [3.05, 3.63) is 57.3 Å². The number of anilines is 1. The first-order valence-corrected chi connectivity index (χ1v) is 10.9. The molecule has 2 aliphatic heterocycles. The van der Waals surface area contributed by atoms with E-state index in [1.807, 2.05) is 18.2 Å². The van der Waals surface area contributed by atoms with E-state index in [0.29, 0.717) is 18.3 Å². The van der Waals surface area contributed by atoms with Crippen LogP contribution in [0.4, 0.5) is 5.69 Å². The van der Waals surface area contributed by atoms with Crippen LogP contribution in [0.3, 0.4) is 0 Å². The van der Waals surface area contributed by atoms with Gasteiger partial charge in [0.2, 0.25) is 0 Å². The predicted molar refractivity (Wildman–Crippen MR) is 115 cm³/mol. The predicted octanol–water partition coefficient (Wildman–Crippen LogP) is 3.64. The second kappa shape index (κ2) is 7.02. The first kappa shape index (κ1) is 18.4. The van der Waals surface area contributed by atoms with E-state index in [4.69, 9.17) is 4.74 Å². The molecule has 1 aromatic carbocycles. The third-order valence-electron chi connectivity index (χ3n) is 5.67. The Kier molecular flexibility index (Phi) is 4.46. The lowest BCUT2D eigenvalue weighted by atomic mass is 9.63. The number of aromatic nitrogens is 1. The Morgan fingerprint density at radius 2 is 2.24 bits per heavy atom. The molecule has 5 rings (SSSR count). The lowest BCUT2D eigenvalue weighted by Crippen LogP contribution is -2.29. The summed E-state index contributed by atoms with van der Waals surface area (Å²) < 4.78 is 7.64. The van der Waals surface area contributed by atoms with Gasteiger partial charge in [0, 0.05) is 17.4 Å². The van der Waals surface area contributed by atoms with Gasteiger partial charge in [-0.2, -0.15) is 0 Å². The topological polar surface area (TPSA) is 80.6 Å². The van der Waals surface area contributed by atoms with Crippen molar-refractivity contribution >= 4 is 36.3 Å². The lowest BCUT2D eigenvalue weighted by molar-refractivity contribution is -0.140. The highest BCUT2D eigenvalue weighted by molar-refractivity contribution is 7.99. The van der Waals surface area contributed by atoms with Gasteiger partial charge < -0.3 is 15.1 Å². The molecule has 3 heterocycles. The van der Waals surface area contributed by atoms with Crippen LogP contribution in [-0.2, 0) is 11.4 Å². The van der Waals surface area contributed by atoms with E-state index in [0.717, 1.165) is 46.0 Å². The quantitative estimate of drug-likeness (QED) is 0.736. The summed E-state index contributed by atoms with van der Waals surface area (Å²) >= 11 is 1.48. The van der Waals surface area contributed by atoms with Gasteiger partial charge in [0.25, 0.3) is 12.4 Å². The van der Waals surface area contributed by atoms with Crippen LogP contribution >= 0.6 is 11.8 Å². The second-order valence-corrected chi connectivity index (χ2v) is 8.85. The standard InChI is InChI=1S/C21H21BN2O4S/c1-22-8-7-13-3-2-4-16(19(13)23-22)28-10-14-9-17(25)24-15(21(26)27)11-29-20(24)18(14)12-5-6-12/h2-4,7-9,12,15,23H,5-6,10-11H2,1H3,(H,26,27). The summed E-state index contributed by atoms with van der Waals surface area (Å²) in [4.78, 5) is 24.3. The van der Waals surface area contributed by atoms with E-state index in [-0.39, 0.29) is 12.4 Å². The summed E-state index contributed by atoms with van der Waals surface area (Å²) in [6, 6.07) is 6.72. The average Bonchev–Trinajstić information content (AvgIpc) is 3.42. The number of ether oxygens (including phenoxy) is 1. The van der Waals surface area contributed by atoms with Crippen LogP contribution in [0.25, 0.3) is 6.08 Å². The Morgan fingerprint density at radius 3 is 3.00 bits per heavy atom. The van der Waals surface area contributed by atoms with Gasteiger partial charge >= 0.3 is 5.97 Å². The lowest BCUT2D eigenvalue weighted by Gasteiger charge is -2.21. The van der Waals surface area contributed by atoms with Gasteiger partial charge in [0.05, 0.1) is 10.7 Å². The number of nitrogens with one attached hydrogen (secondary N) is 1. The molecular weight excluding hydrogens is 387 g/mol. The Hall–Kier alpha value is -2.61. The monoisotopic (exact) mass is 408 g/mol. The molecule has 0 saturated heterocycles. The molecule has 0 radical (unpaired) electrons. The van der Waals surface area contributed by atoms with E-state index >= 15 is 0 Å². The number of hydrogen-bond acceptors (Lipinski definition) is 5. The van der Waals surface area contributed by atoms with Gasteiger partial charge in [-0.3, -0.25) is 9.36 Å². The highest BCUT2D eigenvalue weighted by atomic mass is 32.2. The van der Waals surface area contributed by atoms with E-state index in [1.165, 1.54) is 16.3 Å². The maximum atomic E-state index is 12.7. The molecule has 2 aromatic rings. The number of para-hydroxylation sites is 1. The first-order chi connectivity index (χ1) is 14.0. The highest BCUT2D eigenvalue weighted by Crippen LogP contribution is 2.48. The molecule has 1 aromatic heterocycles. The zero-order valence-electron chi connectivity index (χ0n) is 16.1. The van der Waals surface area contributed by atoms with Crippen LogP contribution < -0.4 is 15.5 Å². The Bertz CT molecular complexity index is 1090. The number of nitrogens with zero attached hydrogens (tertiary/aromatic N) is 1. The van der Waals surface area contributed by atoms with Gasteiger partial charge in [0.1, 0.15) is 18.4 Å². The summed E-state index contributed by atoms with van der Waals surface area (Å²) in [7, 11) is 0. The molecule has 29 heavy (non-hydrogen) atoms. The van der Waals surface area contributed by atoms with Crippen molar-refractivity contribution in [2.45, 2.75) is 43.3 Å². The number of carboxylic acid groups (broad SMARTS) is 1. The van der Waals surface area contributed by atoms with Crippen molar-refractivity contribution < 1.29 is 14.6 Å². The molecule has 148 valence electrons. The minimum Gasteiger partial charge on any atom is -0.487 e. The summed E-state index contributed by atoms with van der Waals surface area (Å²) in [6.45, 7) is 2.60. The van der Waals surface area contributed by atoms with Crippen molar-refractivity contribution in [2.75, 3.05) is 11.0 Å². The number of rotatable bonds is 5. The van der Waals surface area contributed by atoms with Crippen LogP contribution in [-0.4, -0.2) is 28.2 Å². The Balaban J connectivity index is 1.49. The fourth-order valence-electron chi connectivity index (χ4n) is 4.09. The molecule has 1 saturated carbocycles. The molecule has 1 atom stereocenters. The third-order valence-corrected chi connectivity index (χ3v) is 6.84. The minimum absolute atomic E-state index is 0.225. The van der Waals surface area contributed by atoms with E-state index in [1.54, 1.807) is 6.07 Å². The van der Waals surface area contributed by atoms with Crippen LogP contribution in [0.1, 0.15) is 41.5 Å². The van der Waals surface area contributed by atoms with Gasteiger partial charge in [-0.25, -0.2) is 4.79 Å².